The number of amides is 2. The number of nitrogens with one attached hydrogen (secondary N) is 2. The van der Waals surface area contributed by atoms with Gasteiger partial charge in [-0.1, -0.05) is 12.1 Å². The predicted molar refractivity (Wildman–Crippen MR) is 133 cm³/mol. The summed E-state index contributed by atoms with van der Waals surface area (Å²) in [5, 5.41) is 5.66. The molecule has 4 rings (SSSR count). The van der Waals surface area contributed by atoms with E-state index in [0.717, 1.165) is 43.9 Å². The number of hydrogen-bond acceptors (Lipinski definition) is 6. The number of hydrogen-bond donors (Lipinski definition) is 2. The van der Waals surface area contributed by atoms with Gasteiger partial charge in [0.15, 0.2) is 5.76 Å². The second kappa shape index (κ2) is 12.2. The molecule has 0 radical (unpaired) electrons. The molecule has 3 aromatic rings. The third-order valence-corrected chi connectivity index (χ3v) is 6.03. The van der Waals surface area contributed by atoms with E-state index >= 15 is 0 Å². The number of anilines is 1. The summed E-state index contributed by atoms with van der Waals surface area (Å²) in [6.45, 7) is 3.50. The largest absolute Gasteiger partial charge is 0.492 e. The van der Waals surface area contributed by atoms with E-state index in [2.05, 4.69) is 22.6 Å². The molecule has 1 aromatic heterocycles. The number of benzene rings is 2. The first-order chi connectivity index (χ1) is 17.1. The Morgan fingerprint density at radius 3 is 2.57 bits per heavy atom. The van der Waals surface area contributed by atoms with Crippen LogP contribution in [0.2, 0.25) is 0 Å². The Morgan fingerprint density at radius 2 is 1.83 bits per heavy atom. The Balaban J connectivity index is 1.22. The standard InChI is InChI=1S/C27H31N3O5/c1-30(23-11-15-33-16-12-23)13-17-34-24-5-2-4-20(18-24)19-28-26(31)21-7-9-22(10-8-21)29-27(32)25-6-3-14-35-25/h2-10,14,18,23H,11-13,15-17,19H2,1H3,(H,28,31)(H,29,32). The van der Waals surface area contributed by atoms with Gasteiger partial charge in [0.05, 0.1) is 6.26 Å². The van der Waals surface area contributed by atoms with Gasteiger partial charge >= 0.3 is 0 Å². The molecule has 8 nitrogen and oxygen atoms in total. The lowest BCUT2D eigenvalue weighted by molar-refractivity contribution is 0.0392. The zero-order valence-electron chi connectivity index (χ0n) is 19.9. The first-order valence-corrected chi connectivity index (χ1v) is 11.8. The van der Waals surface area contributed by atoms with E-state index in [0.29, 0.717) is 30.4 Å². The number of carbonyl (C=O) groups excluding carboxylic acids is 2. The molecule has 1 saturated heterocycles. The Bertz CT molecular complexity index is 1090. The first-order valence-electron chi connectivity index (χ1n) is 11.8. The fourth-order valence-electron chi connectivity index (χ4n) is 3.95. The van der Waals surface area contributed by atoms with E-state index in [-0.39, 0.29) is 17.6 Å². The molecule has 2 heterocycles. The second-order valence-electron chi connectivity index (χ2n) is 8.51. The number of furan rings is 1. The quantitative estimate of drug-likeness (QED) is 0.459. The van der Waals surface area contributed by atoms with Crippen molar-refractivity contribution in [1.82, 2.24) is 10.2 Å². The molecule has 35 heavy (non-hydrogen) atoms. The number of carbonyl (C=O) groups is 2. The minimum atomic E-state index is -0.343. The smallest absolute Gasteiger partial charge is 0.291 e. The maximum Gasteiger partial charge on any atom is 0.291 e. The second-order valence-corrected chi connectivity index (χ2v) is 8.51. The molecule has 0 bridgehead atoms. The van der Waals surface area contributed by atoms with Crippen molar-refractivity contribution < 1.29 is 23.5 Å². The summed E-state index contributed by atoms with van der Waals surface area (Å²) in [6.07, 6.45) is 3.57. The SMILES string of the molecule is CN(CCOc1cccc(CNC(=O)c2ccc(NC(=O)c3ccco3)cc2)c1)C1CCOCC1. The van der Waals surface area contributed by atoms with Crippen molar-refractivity contribution in [3.8, 4) is 5.75 Å². The zero-order chi connectivity index (χ0) is 24.5. The van der Waals surface area contributed by atoms with E-state index < -0.39 is 0 Å². The Morgan fingerprint density at radius 1 is 1.03 bits per heavy atom. The van der Waals surface area contributed by atoms with Gasteiger partial charge in [0.1, 0.15) is 12.4 Å². The monoisotopic (exact) mass is 477 g/mol. The molecule has 2 amide bonds. The molecule has 8 heteroatoms. The van der Waals surface area contributed by atoms with Crippen LogP contribution in [0.5, 0.6) is 5.75 Å². The number of nitrogens with zero attached hydrogens (tertiary/aromatic N) is 1. The molecular formula is C27H31N3O5. The lowest BCUT2D eigenvalue weighted by atomic mass is 10.1. The summed E-state index contributed by atoms with van der Waals surface area (Å²) in [7, 11) is 2.13. The van der Waals surface area contributed by atoms with E-state index in [9.17, 15) is 9.59 Å². The third kappa shape index (κ3) is 7.18. The van der Waals surface area contributed by atoms with Crippen molar-refractivity contribution in [2.45, 2.75) is 25.4 Å². The van der Waals surface area contributed by atoms with Gasteiger partial charge in [0, 0.05) is 43.6 Å². The third-order valence-electron chi connectivity index (χ3n) is 6.03. The minimum absolute atomic E-state index is 0.196. The molecule has 0 aliphatic carbocycles. The van der Waals surface area contributed by atoms with Crippen molar-refractivity contribution in [3.63, 3.8) is 0 Å². The van der Waals surface area contributed by atoms with Gasteiger partial charge in [0.25, 0.3) is 11.8 Å². The van der Waals surface area contributed by atoms with E-state index in [1.807, 2.05) is 24.3 Å². The topological polar surface area (TPSA) is 93.0 Å². The highest BCUT2D eigenvalue weighted by Gasteiger charge is 2.18. The van der Waals surface area contributed by atoms with Crippen LogP contribution in [-0.4, -0.2) is 56.2 Å². The van der Waals surface area contributed by atoms with Crippen LogP contribution in [0.25, 0.3) is 0 Å². The van der Waals surface area contributed by atoms with Crippen LogP contribution >= 0.6 is 0 Å². The number of ether oxygens (including phenoxy) is 2. The number of likely N-dealkylation sites (N-methyl/N-ethyl adjacent to an activating group) is 1. The van der Waals surface area contributed by atoms with Gasteiger partial charge in [-0.05, 0) is 74.0 Å². The molecule has 184 valence electrons. The van der Waals surface area contributed by atoms with E-state index in [4.69, 9.17) is 13.9 Å². The summed E-state index contributed by atoms with van der Waals surface area (Å²) in [5.41, 5.74) is 2.04. The van der Waals surface area contributed by atoms with Crippen LogP contribution in [0.1, 0.15) is 39.3 Å². The zero-order valence-corrected chi connectivity index (χ0v) is 19.9. The normalized spacial score (nSPS) is 14.0. The molecule has 1 fully saturated rings. The van der Waals surface area contributed by atoms with Gasteiger partial charge in [-0.25, -0.2) is 0 Å². The van der Waals surface area contributed by atoms with Gasteiger partial charge in [0.2, 0.25) is 0 Å². The van der Waals surface area contributed by atoms with Gasteiger partial charge in [-0.3, -0.25) is 14.5 Å². The molecule has 2 N–H and O–H groups in total. The molecular weight excluding hydrogens is 446 g/mol. The van der Waals surface area contributed by atoms with Gasteiger partial charge in [-0.2, -0.15) is 0 Å². The Labute approximate surface area is 205 Å². The highest BCUT2D eigenvalue weighted by molar-refractivity contribution is 6.02. The maximum atomic E-state index is 12.6. The number of rotatable bonds is 10. The van der Waals surface area contributed by atoms with Crippen LogP contribution in [-0.2, 0) is 11.3 Å². The van der Waals surface area contributed by atoms with Crippen molar-refractivity contribution in [3.05, 3.63) is 83.8 Å². The summed E-state index contributed by atoms with van der Waals surface area (Å²) in [6, 6.07) is 18.2. The summed E-state index contributed by atoms with van der Waals surface area (Å²) < 4.78 is 16.5. The van der Waals surface area contributed by atoms with Crippen molar-refractivity contribution in [2.75, 3.05) is 38.7 Å². The Kier molecular flexibility index (Phi) is 8.53. The highest BCUT2D eigenvalue weighted by Crippen LogP contribution is 2.16. The summed E-state index contributed by atoms with van der Waals surface area (Å²) >= 11 is 0. The Hall–Kier alpha value is -3.62. The van der Waals surface area contributed by atoms with Crippen molar-refractivity contribution >= 4 is 17.5 Å². The maximum absolute atomic E-state index is 12.6. The lowest BCUT2D eigenvalue weighted by Gasteiger charge is -2.31. The average Bonchev–Trinajstić information content (AvgIpc) is 3.44. The van der Waals surface area contributed by atoms with Crippen LogP contribution in [0.4, 0.5) is 5.69 Å². The summed E-state index contributed by atoms with van der Waals surface area (Å²) in [4.78, 5) is 26.9. The minimum Gasteiger partial charge on any atom is -0.492 e. The molecule has 0 unspecified atom stereocenters. The average molecular weight is 478 g/mol. The molecule has 0 atom stereocenters. The molecule has 0 saturated carbocycles. The fraction of sp³-hybridized carbons (Fsp3) is 0.333. The van der Waals surface area contributed by atoms with Crippen LogP contribution in [0.3, 0.4) is 0 Å². The molecule has 2 aromatic carbocycles. The fourth-order valence-corrected chi connectivity index (χ4v) is 3.95. The van der Waals surface area contributed by atoms with Crippen LogP contribution in [0.15, 0.2) is 71.3 Å². The predicted octanol–water partition coefficient (Wildman–Crippen LogP) is 3.95. The van der Waals surface area contributed by atoms with Crippen LogP contribution < -0.4 is 15.4 Å². The lowest BCUT2D eigenvalue weighted by Crippen LogP contribution is -2.38. The highest BCUT2D eigenvalue weighted by atomic mass is 16.5. The van der Waals surface area contributed by atoms with E-state index in [1.165, 1.54) is 6.26 Å². The van der Waals surface area contributed by atoms with Crippen LogP contribution in [0, 0.1) is 0 Å². The van der Waals surface area contributed by atoms with Gasteiger partial charge in [-0.15, -0.1) is 0 Å². The first kappa shape index (κ1) is 24.5. The summed E-state index contributed by atoms with van der Waals surface area (Å²) in [5.74, 6) is 0.473. The molecule has 1 aliphatic heterocycles. The van der Waals surface area contributed by atoms with Crippen molar-refractivity contribution in [1.29, 1.82) is 0 Å². The molecule has 0 spiro atoms. The van der Waals surface area contributed by atoms with Gasteiger partial charge < -0.3 is 24.5 Å². The molecule has 1 aliphatic rings. The van der Waals surface area contributed by atoms with Crippen molar-refractivity contribution in [2.24, 2.45) is 0 Å². The van der Waals surface area contributed by atoms with E-state index in [1.54, 1.807) is 36.4 Å².